The van der Waals surface area contributed by atoms with Crippen molar-refractivity contribution in [2.24, 2.45) is 7.05 Å². The molecule has 1 amide bonds. The van der Waals surface area contributed by atoms with Crippen molar-refractivity contribution in [3.8, 4) is 11.8 Å². The summed E-state index contributed by atoms with van der Waals surface area (Å²) in [4.78, 5) is 49.0. The molecule has 0 bridgehead atoms. The van der Waals surface area contributed by atoms with E-state index in [9.17, 15) is 14.4 Å². The van der Waals surface area contributed by atoms with Crippen molar-refractivity contribution in [1.29, 1.82) is 0 Å². The topological polar surface area (TPSA) is 124 Å². The van der Waals surface area contributed by atoms with E-state index in [-0.39, 0.29) is 41.0 Å². The lowest BCUT2D eigenvalue weighted by atomic mass is 10.2. The van der Waals surface area contributed by atoms with Gasteiger partial charge in [-0.1, -0.05) is 11.6 Å². The highest BCUT2D eigenvalue weighted by Gasteiger charge is 2.21. The van der Waals surface area contributed by atoms with E-state index in [0.717, 1.165) is 0 Å². The molecule has 3 heterocycles. The van der Waals surface area contributed by atoms with E-state index in [4.69, 9.17) is 21.1 Å². The first-order valence-electron chi connectivity index (χ1n) is 9.38. The fourth-order valence-corrected chi connectivity index (χ4v) is 2.96. The minimum absolute atomic E-state index is 0.0131. The van der Waals surface area contributed by atoms with Crippen LogP contribution in [0.2, 0.25) is 5.15 Å². The SMILES string of the molecule is CN(CCOc1nc(Cl)cc2c1c(=O)[nH]c(=O)n2-c1nccn1C)C(=O)OC(C)(C)C. The number of halogens is 1. The first-order valence-corrected chi connectivity index (χ1v) is 9.76. The number of amides is 1. The van der Waals surface area contributed by atoms with Crippen LogP contribution in [0, 0.1) is 0 Å². The molecule has 3 rings (SSSR count). The summed E-state index contributed by atoms with van der Waals surface area (Å²) in [6.07, 6.45) is 2.66. The zero-order valence-corrected chi connectivity index (χ0v) is 18.6. The summed E-state index contributed by atoms with van der Waals surface area (Å²) in [5.41, 5.74) is -1.79. The van der Waals surface area contributed by atoms with Gasteiger partial charge >= 0.3 is 11.8 Å². The maximum Gasteiger partial charge on any atom is 0.410 e. The number of nitrogens with one attached hydrogen (secondary N) is 1. The number of carbonyl (C=O) groups excluding carboxylic acids is 1. The highest BCUT2D eigenvalue weighted by Crippen LogP contribution is 2.24. The van der Waals surface area contributed by atoms with Gasteiger partial charge in [0.05, 0.1) is 12.1 Å². The van der Waals surface area contributed by atoms with Gasteiger partial charge in [0.2, 0.25) is 11.8 Å². The minimum Gasteiger partial charge on any atom is -0.475 e. The van der Waals surface area contributed by atoms with Crippen molar-refractivity contribution in [1.82, 2.24) is 29.0 Å². The third-order valence-electron chi connectivity index (χ3n) is 4.19. The maximum atomic E-state index is 12.6. The van der Waals surface area contributed by atoms with E-state index >= 15 is 0 Å². The number of hydrogen-bond acceptors (Lipinski definition) is 7. The summed E-state index contributed by atoms with van der Waals surface area (Å²) in [5.74, 6) is 0.216. The number of aromatic nitrogens is 5. The molecule has 0 aliphatic carbocycles. The molecule has 0 aliphatic rings. The van der Waals surface area contributed by atoms with E-state index in [1.54, 1.807) is 45.6 Å². The molecule has 11 nitrogen and oxygen atoms in total. The third-order valence-corrected chi connectivity index (χ3v) is 4.39. The van der Waals surface area contributed by atoms with Crippen LogP contribution in [0.15, 0.2) is 28.0 Å². The van der Waals surface area contributed by atoms with E-state index < -0.39 is 22.9 Å². The van der Waals surface area contributed by atoms with Crippen LogP contribution in [0.25, 0.3) is 16.9 Å². The monoisotopic (exact) mass is 450 g/mol. The Kier molecular flexibility index (Phi) is 6.07. The van der Waals surface area contributed by atoms with Crippen LogP contribution >= 0.6 is 11.6 Å². The molecule has 3 aromatic heterocycles. The molecule has 0 saturated heterocycles. The second kappa shape index (κ2) is 8.42. The van der Waals surface area contributed by atoms with Gasteiger partial charge < -0.3 is 18.9 Å². The number of aryl methyl sites for hydroxylation is 1. The Morgan fingerprint density at radius 2 is 2.03 bits per heavy atom. The number of fused-ring (bicyclic) bond motifs is 1. The van der Waals surface area contributed by atoms with E-state index in [1.165, 1.54) is 21.7 Å². The largest absolute Gasteiger partial charge is 0.475 e. The van der Waals surface area contributed by atoms with Gasteiger partial charge in [0, 0.05) is 32.6 Å². The molecule has 0 aliphatic heterocycles. The Hall–Kier alpha value is -3.34. The van der Waals surface area contributed by atoms with Gasteiger partial charge in [-0.3, -0.25) is 9.78 Å². The predicted molar refractivity (Wildman–Crippen MR) is 114 cm³/mol. The second-order valence-electron chi connectivity index (χ2n) is 7.83. The van der Waals surface area contributed by atoms with Crippen LogP contribution in [0.4, 0.5) is 4.79 Å². The number of nitrogens with zero attached hydrogens (tertiary/aromatic N) is 5. The molecule has 0 aromatic carbocycles. The van der Waals surface area contributed by atoms with Crippen LogP contribution in [-0.4, -0.2) is 60.9 Å². The number of aromatic amines is 1. The van der Waals surface area contributed by atoms with Gasteiger partial charge in [-0.15, -0.1) is 0 Å². The predicted octanol–water partition coefficient (Wildman–Crippen LogP) is 1.71. The number of likely N-dealkylation sites (N-methyl/N-ethyl adjacent to an activating group) is 1. The molecular formula is C19H23ClN6O5. The Balaban J connectivity index is 1.94. The van der Waals surface area contributed by atoms with Crippen LogP contribution in [0.3, 0.4) is 0 Å². The standard InChI is InChI=1S/C19H23ClN6O5/c1-19(2,3)31-18(29)25(5)8-9-30-15-13-11(10-12(20)22-15)26(17(28)23-14(13)27)16-21-6-7-24(16)4/h6-7,10H,8-9H2,1-5H3,(H,23,27,28). The molecule has 0 fully saturated rings. The number of hydrogen-bond donors (Lipinski definition) is 1. The average molecular weight is 451 g/mol. The summed E-state index contributed by atoms with van der Waals surface area (Å²) in [6.45, 7) is 5.49. The van der Waals surface area contributed by atoms with Crippen molar-refractivity contribution in [3.63, 3.8) is 0 Å². The zero-order valence-electron chi connectivity index (χ0n) is 17.8. The highest BCUT2D eigenvalue weighted by molar-refractivity contribution is 6.30. The molecule has 1 N–H and O–H groups in total. The number of imidazole rings is 1. The molecular weight excluding hydrogens is 428 g/mol. The second-order valence-corrected chi connectivity index (χ2v) is 8.21. The summed E-state index contributed by atoms with van der Waals surface area (Å²) >= 11 is 6.14. The van der Waals surface area contributed by atoms with Crippen LogP contribution in [0.5, 0.6) is 5.88 Å². The molecule has 0 radical (unpaired) electrons. The fourth-order valence-electron chi connectivity index (χ4n) is 2.78. The number of pyridine rings is 1. The zero-order chi connectivity index (χ0) is 22.9. The quantitative estimate of drug-likeness (QED) is 0.586. The lowest BCUT2D eigenvalue weighted by Gasteiger charge is -2.24. The lowest BCUT2D eigenvalue weighted by Crippen LogP contribution is -2.36. The average Bonchev–Trinajstić information content (AvgIpc) is 3.05. The smallest absolute Gasteiger partial charge is 0.410 e. The fraction of sp³-hybridized carbons (Fsp3) is 0.421. The third kappa shape index (κ3) is 4.88. The Morgan fingerprint density at radius 3 is 2.65 bits per heavy atom. The van der Waals surface area contributed by atoms with Crippen molar-refractivity contribution in [2.75, 3.05) is 20.2 Å². The number of carbonyl (C=O) groups is 1. The van der Waals surface area contributed by atoms with Gasteiger partial charge in [0.25, 0.3) is 5.56 Å². The molecule has 12 heteroatoms. The first kappa shape index (κ1) is 22.3. The number of H-pyrrole nitrogens is 1. The van der Waals surface area contributed by atoms with E-state index in [2.05, 4.69) is 15.0 Å². The van der Waals surface area contributed by atoms with E-state index in [0.29, 0.717) is 0 Å². The lowest BCUT2D eigenvalue weighted by molar-refractivity contribution is 0.0277. The summed E-state index contributed by atoms with van der Waals surface area (Å²) in [7, 11) is 3.27. The maximum absolute atomic E-state index is 12.6. The first-order chi connectivity index (χ1) is 14.5. The van der Waals surface area contributed by atoms with Crippen LogP contribution < -0.4 is 16.0 Å². The van der Waals surface area contributed by atoms with E-state index in [1.807, 2.05) is 0 Å². The number of ether oxygens (including phenoxy) is 2. The van der Waals surface area contributed by atoms with Crippen LogP contribution in [0.1, 0.15) is 20.8 Å². The van der Waals surface area contributed by atoms with Gasteiger partial charge in [-0.25, -0.2) is 24.1 Å². The Labute approximate surface area is 182 Å². The molecule has 166 valence electrons. The Bertz CT molecular complexity index is 1240. The van der Waals surface area contributed by atoms with Crippen molar-refractivity contribution in [2.45, 2.75) is 26.4 Å². The van der Waals surface area contributed by atoms with Gasteiger partial charge in [-0.05, 0) is 20.8 Å². The van der Waals surface area contributed by atoms with Crippen molar-refractivity contribution >= 4 is 28.6 Å². The van der Waals surface area contributed by atoms with Crippen LogP contribution in [-0.2, 0) is 11.8 Å². The summed E-state index contributed by atoms with van der Waals surface area (Å²) in [5, 5.41) is 0.0582. The molecule has 3 aromatic rings. The molecule has 0 unspecified atom stereocenters. The molecule has 0 saturated carbocycles. The summed E-state index contributed by atoms with van der Waals surface area (Å²) in [6, 6.07) is 1.39. The molecule has 0 spiro atoms. The van der Waals surface area contributed by atoms with Gasteiger partial charge in [0.1, 0.15) is 22.7 Å². The normalized spacial score (nSPS) is 11.5. The molecule has 0 atom stereocenters. The number of rotatable bonds is 5. The van der Waals surface area contributed by atoms with Gasteiger partial charge in [0.15, 0.2) is 0 Å². The Morgan fingerprint density at radius 1 is 1.32 bits per heavy atom. The molecule has 31 heavy (non-hydrogen) atoms. The highest BCUT2D eigenvalue weighted by atomic mass is 35.5. The summed E-state index contributed by atoms with van der Waals surface area (Å²) < 4.78 is 13.8. The van der Waals surface area contributed by atoms with Crippen molar-refractivity contribution < 1.29 is 14.3 Å². The van der Waals surface area contributed by atoms with Gasteiger partial charge in [-0.2, -0.15) is 0 Å². The minimum atomic E-state index is -0.676. The van der Waals surface area contributed by atoms with Crippen molar-refractivity contribution in [3.05, 3.63) is 44.5 Å².